The number of thiol groups is 2. The fourth-order valence-electron chi connectivity index (χ4n) is 0.733. The molecule has 0 aromatic carbocycles. The van der Waals surface area contributed by atoms with Crippen molar-refractivity contribution in [1.82, 2.24) is 0 Å². The maximum atomic E-state index is 4.36. The molecule has 0 saturated heterocycles. The summed E-state index contributed by atoms with van der Waals surface area (Å²) in [4.78, 5) is 0. The zero-order valence-electron chi connectivity index (χ0n) is 4.57. The van der Waals surface area contributed by atoms with Crippen molar-refractivity contribution in [1.29, 1.82) is 0 Å². The molecular formula is C5H6S2Se2. The Kier molecular flexibility index (Phi) is 3.10. The van der Waals surface area contributed by atoms with Gasteiger partial charge < -0.3 is 0 Å². The molecular weight excluding hydrogens is 282 g/mol. The Labute approximate surface area is 81.7 Å². The van der Waals surface area contributed by atoms with Gasteiger partial charge in [-0.3, -0.25) is 0 Å². The van der Waals surface area contributed by atoms with Crippen molar-refractivity contribution in [3.05, 3.63) is 0 Å². The summed E-state index contributed by atoms with van der Waals surface area (Å²) >= 11 is 14.7. The van der Waals surface area contributed by atoms with E-state index in [2.05, 4.69) is 56.4 Å². The Bertz CT molecular complexity index is 148. The van der Waals surface area contributed by atoms with Crippen molar-refractivity contribution in [2.24, 2.45) is 0 Å². The van der Waals surface area contributed by atoms with Crippen LogP contribution in [-0.2, 0) is 0 Å². The van der Waals surface area contributed by atoms with E-state index in [1.54, 1.807) is 0 Å². The van der Waals surface area contributed by atoms with Gasteiger partial charge in [0.1, 0.15) is 0 Å². The molecule has 0 aromatic rings. The zero-order valence-corrected chi connectivity index (χ0v) is 9.79. The first-order chi connectivity index (χ1) is 4.13. The predicted octanol–water partition coefficient (Wildman–Crippen LogP) is -0.331. The van der Waals surface area contributed by atoms with Gasteiger partial charge in [-0.15, -0.1) is 0 Å². The van der Waals surface area contributed by atoms with Gasteiger partial charge in [-0.1, -0.05) is 0 Å². The van der Waals surface area contributed by atoms with E-state index in [1.165, 1.54) is 8.83 Å². The molecule has 1 aliphatic rings. The maximum absolute atomic E-state index is 4.36. The van der Waals surface area contributed by atoms with Crippen LogP contribution in [0.15, 0.2) is 0 Å². The Morgan fingerprint density at radius 3 is 1.56 bits per heavy atom. The average Bonchev–Trinajstić information content (AvgIpc) is 1.98. The third kappa shape index (κ3) is 1.74. The van der Waals surface area contributed by atoms with Gasteiger partial charge in [0.2, 0.25) is 0 Å². The summed E-state index contributed by atoms with van der Waals surface area (Å²) in [5.41, 5.74) is 0. The molecule has 0 nitrogen and oxygen atoms in total. The summed E-state index contributed by atoms with van der Waals surface area (Å²) < 4.78 is 2.60. The van der Waals surface area contributed by atoms with Gasteiger partial charge in [-0.25, -0.2) is 0 Å². The first kappa shape index (κ1) is 8.57. The fourth-order valence-corrected chi connectivity index (χ4v) is 3.42. The van der Waals surface area contributed by atoms with Crippen LogP contribution in [-0.4, -0.2) is 50.5 Å². The van der Waals surface area contributed by atoms with E-state index in [9.17, 15) is 0 Å². The second-order valence-corrected chi connectivity index (χ2v) is 5.31. The Morgan fingerprint density at radius 1 is 1.11 bits per heavy atom. The molecule has 0 N–H and O–H groups in total. The van der Waals surface area contributed by atoms with Crippen LogP contribution in [0.5, 0.6) is 0 Å². The van der Waals surface area contributed by atoms with Crippen LogP contribution in [0.1, 0.15) is 6.42 Å². The van der Waals surface area contributed by atoms with Crippen LogP contribution in [0.2, 0.25) is 0 Å². The summed E-state index contributed by atoms with van der Waals surface area (Å²) in [5.74, 6) is 0. The van der Waals surface area contributed by atoms with Crippen LogP contribution < -0.4 is 0 Å². The Morgan fingerprint density at radius 2 is 1.44 bits per heavy atom. The molecule has 0 aliphatic heterocycles. The quantitative estimate of drug-likeness (QED) is 0.442. The van der Waals surface area contributed by atoms with E-state index in [0.29, 0.717) is 10.5 Å². The van der Waals surface area contributed by atoms with Crippen LogP contribution in [0, 0.1) is 0 Å². The number of hydrogen-bond acceptors (Lipinski definition) is 2. The van der Waals surface area contributed by atoms with Gasteiger partial charge in [0.25, 0.3) is 0 Å². The molecule has 1 saturated carbocycles. The summed E-state index contributed by atoms with van der Waals surface area (Å²) in [6.07, 6.45) is 1.02. The standard InChI is InChI=1S/C5H6S2Se2/c6-4-2(8)1-3(9)5(4)7/h4-7H,1H2. The van der Waals surface area contributed by atoms with Gasteiger partial charge in [0, 0.05) is 0 Å². The van der Waals surface area contributed by atoms with Crippen LogP contribution in [0.25, 0.3) is 0 Å². The van der Waals surface area contributed by atoms with Gasteiger partial charge in [0.05, 0.1) is 0 Å². The third-order valence-electron chi connectivity index (χ3n) is 1.31. The van der Waals surface area contributed by atoms with E-state index in [0.717, 1.165) is 6.42 Å². The van der Waals surface area contributed by atoms with Crippen LogP contribution in [0.3, 0.4) is 0 Å². The van der Waals surface area contributed by atoms with Crippen molar-refractivity contribution in [2.45, 2.75) is 16.9 Å². The zero-order chi connectivity index (χ0) is 7.02. The number of hydrogen-bond donors (Lipinski definition) is 2. The fraction of sp³-hybridized carbons (Fsp3) is 0.600. The summed E-state index contributed by atoms with van der Waals surface area (Å²) in [6.45, 7) is 0. The SMILES string of the molecule is SC1C(=[Se])CC(=[Se])C1S. The van der Waals surface area contributed by atoms with Crippen molar-refractivity contribution in [3.63, 3.8) is 0 Å². The molecule has 0 bridgehead atoms. The first-order valence-corrected chi connectivity index (χ1v) is 5.29. The van der Waals surface area contributed by atoms with Crippen LogP contribution in [0.4, 0.5) is 0 Å². The molecule has 4 heteroatoms. The average molecular weight is 288 g/mol. The van der Waals surface area contributed by atoms with Crippen molar-refractivity contribution < 1.29 is 0 Å². The second kappa shape index (κ2) is 3.25. The van der Waals surface area contributed by atoms with Gasteiger partial charge in [-0.2, -0.15) is 0 Å². The van der Waals surface area contributed by atoms with Crippen LogP contribution >= 0.6 is 25.3 Å². The van der Waals surface area contributed by atoms with Gasteiger partial charge in [-0.05, 0) is 0 Å². The van der Waals surface area contributed by atoms with E-state index >= 15 is 0 Å². The molecule has 2 unspecified atom stereocenters. The van der Waals surface area contributed by atoms with Crippen molar-refractivity contribution in [2.75, 3.05) is 0 Å². The number of rotatable bonds is 0. The molecule has 1 rings (SSSR count). The molecule has 0 spiro atoms. The molecule has 0 amide bonds. The van der Waals surface area contributed by atoms with E-state index in [-0.39, 0.29) is 0 Å². The second-order valence-electron chi connectivity index (χ2n) is 2.00. The molecule has 1 fully saturated rings. The predicted molar refractivity (Wildman–Crippen MR) is 51.7 cm³/mol. The summed E-state index contributed by atoms with van der Waals surface area (Å²) in [6, 6.07) is 0. The first-order valence-electron chi connectivity index (χ1n) is 2.54. The summed E-state index contributed by atoms with van der Waals surface area (Å²) in [7, 11) is 0. The van der Waals surface area contributed by atoms with Crippen molar-refractivity contribution in [3.8, 4) is 0 Å². The Balaban J connectivity index is 2.77. The normalized spacial score (nSPS) is 35.8. The monoisotopic (exact) mass is 290 g/mol. The van der Waals surface area contributed by atoms with E-state index < -0.39 is 0 Å². The topological polar surface area (TPSA) is 0 Å². The molecule has 2 atom stereocenters. The minimum atomic E-state index is 0.310. The molecule has 0 heterocycles. The molecule has 1 aliphatic carbocycles. The van der Waals surface area contributed by atoms with E-state index in [4.69, 9.17) is 0 Å². The van der Waals surface area contributed by atoms with Crippen molar-refractivity contribution >= 4 is 65.2 Å². The summed E-state index contributed by atoms with van der Waals surface area (Å²) in [5, 5.41) is 0.620. The molecule has 9 heavy (non-hydrogen) atoms. The minimum absolute atomic E-state index is 0.310. The Hall–Kier alpha value is 1.48. The molecule has 50 valence electrons. The van der Waals surface area contributed by atoms with Gasteiger partial charge in [0.15, 0.2) is 0 Å². The molecule has 0 radical (unpaired) electrons. The third-order valence-corrected chi connectivity index (χ3v) is 5.22. The molecule has 0 aromatic heterocycles. The van der Waals surface area contributed by atoms with E-state index in [1.807, 2.05) is 0 Å². The van der Waals surface area contributed by atoms with Gasteiger partial charge >= 0.3 is 82.2 Å².